The van der Waals surface area contributed by atoms with Crippen LogP contribution < -0.4 is 15.4 Å². The zero-order valence-electron chi connectivity index (χ0n) is 20.8. The van der Waals surface area contributed by atoms with Crippen LogP contribution in [0.25, 0.3) is 11.0 Å². The van der Waals surface area contributed by atoms with Crippen LogP contribution in [0.5, 0.6) is 11.5 Å². The molecule has 0 radical (unpaired) electrons. The number of aryl methyl sites for hydroxylation is 1. The molecular weight excluding hydrogens is 452 g/mol. The van der Waals surface area contributed by atoms with Crippen LogP contribution in [0.3, 0.4) is 0 Å². The van der Waals surface area contributed by atoms with Gasteiger partial charge in [0.15, 0.2) is 0 Å². The number of hydrogen-bond acceptors (Lipinski definition) is 6. The summed E-state index contributed by atoms with van der Waals surface area (Å²) in [7, 11) is 3.56. The second-order valence-corrected chi connectivity index (χ2v) is 9.18. The Balaban J connectivity index is 1.25. The van der Waals surface area contributed by atoms with Crippen LogP contribution >= 0.6 is 0 Å². The molecule has 0 saturated carbocycles. The van der Waals surface area contributed by atoms with E-state index in [-0.39, 0.29) is 5.91 Å². The lowest BCUT2D eigenvalue weighted by molar-refractivity contribution is 0.0958. The van der Waals surface area contributed by atoms with E-state index < -0.39 is 0 Å². The zero-order valence-corrected chi connectivity index (χ0v) is 20.8. The van der Waals surface area contributed by atoms with Gasteiger partial charge in [0.05, 0.1) is 11.0 Å². The van der Waals surface area contributed by atoms with Gasteiger partial charge in [-0.3, -0.25) is 9.78 Å². The third-order valence-electron chi connectivity index (χ3n) is 6.65. The average molecular weight is 485 g/mol. The lowest BCUT2D eigenvalue weighted by Gasteiger charge is -2.26. The summed E-state index contributed by atoms with van der Waals surface area (Å²) < 4.78 is 8.00. The fraction of sp³-hybridized carbons (Fsp3) is 0.321. The van der Waals surface area contributed by atoms with Crippen LogP contribution in [-0.4, -0.2) is 52.0 Å². The number of imidazole rings is 1. The van der Waals surface area contributed by atoms with E-state index in [0.717, 1.165) is 35.6 Å². The van der Waals surface area contributed by atoms with Crippen molar-refractivity contribution < 1.29 is 9.53 Å². The molecule has 0 bridgehead atoms. The molecule has 4 aromatic rings. The van der Waals surface area contributed by atoms with Crippen molar-refractivity contribution in [2.45, 2.75) is 25.7 Å². The molecule has 186 valence electrons. The Labute approximate surface area is 211 Å². The van der Waals surface area contributed by atoms with Crippen molar-refractivity contribution in [3.63, 3.8) is 0 Å². The van der Waals surface area contributed by atoms with Gasteiger partial charge in [0.1, 0.15) is 17.2 Å². The van der Waals surface area contributed by atoms with Crippen LogP contribution in [-0.2, 0) is 13.5 Å². The lowest BCUT2D eigenvalue weighted by atomic mass is 10.1. The molecule has 36 heavy (non-hydrogen) atoms. The van der Waals surface area contributed by atoms with Crippen LogP contribution in [0.1, 0.15) is 35.3 Å². The maximum absolute atomic E-state index is 11.8. The van der Waals surface area contributed by atoms with Crippen LogP contribution in [0.15, 0.2) is 60.8 Å². The van der Waals surface area contributed by atoms with Crippen molar-refractivity contribution in [2.75, 3.05) is 32.0 Å². The molecular formula is C28H32N6O2. The number of amides is 1. The number of benzene rings is 2. The smallest absolute Gasteiger partial charge is 0.269 e. The van der Waals surface area contributed by atoms with Crippen LogP contribution in [0.4, 0.5) is 11.6 Å². The summed E-state index contributed by atoms with van der Waals surface area (Å²) in [4.78, 5) is 23.3. The van der Waals surface area contributed by atoms with Crippen molar-refractivity contribution in [1.29, 1.82) is 0 Å². The predicted molar refractivity (Wildman–Crippen MR) is 142 cm³/mol. The number of aromatic nitrogens is 3. The summed E-state index contributed by atoms with van der Waals surface area (Å²) in [6.45, 7) is 3.60. The number of carbonyl (C=O) groups excluding carboxylic acids is 1. The number of nitrogens with one attached hydrogen (secondary N) is 2. The highest BCUT2D eigenvalue weighted by atomic mass is 16.5. The number of likely N-dealkylation sites (tertiary alicyclic amines) is 1. The highest BCUT2D eigenvalue weighted by Gasteiger charge is 2.12. The summed E-state index contributed by atoms with van der Waals surface area (Å²) in [6, 6.07) is 17.7. The summed E-state index contributed by atoms with van der Waals surface area (Å²) in [5, 5.41) is 6.01. The molecule has 0 atom stereocenters. The molecule has 0 spiro atoms. The standard InChI is InChI=1S/C28H32N6O2/c1-29-27(35)25-19-23(12-14-30-25)36-22-10-11-26-24(18-22)32-28(33(26)2)31-21-8-6-20(7-9-21)13-17-34-15-4-3-5-16-34/h6-12,14,18-19H,3-5,13,15-17H2,1-2H3,(H,29,35)(H,31,32). The number of rotatable bonds is 8. The largest absolute Gasteiger partial charge is 0.457 e. The average Bonchev–Trinajstić information content (AvgIpc) is 3.22. The fourth-order valence-electron chi connectivity index (χ4n) is 4.57. The Kier molecular flexibility index (Phi) is 7.13. The minimum absolute atomic E-state index is 0.258. The Morgan fingerprint density at radius 1 is 1.00 bits per heavy atom. The molecule has 1 aliphatic rings. The minimum atomic E-state index is -0.258. The predicted octanol–water partition coefficient (Wildman–Crippen LogP) is 4.89. The van der Waals surface area contributed by atoms with Crippen molar-refractivity contribution in [2.24, 2.45) is 7.05 Å². The van der Waals surface area contributed by atoms with Gasteiger partial charge in [-0.1, -0.05) is 18.6 Å². The maximum Gasteiger partial charge on any atom is 0.269 e. The molecule has 2 N–H and O–H groups in total. The van der Waals surface area contributed by atoms with Gasteiger partial charge >= 0.3 is 0 Å². The lowest BCUT2D eigenvalue weighted by Crippen LogP contribution is -2.31. The molecule has 2 aromatic heterocycles. The van der Waals surface area contributed by atoms with E-state index in [2.05, 4.69) is 44.8 Å². The number of piperidine rings is 1. The molecule has 0 aliphatic carbocycles. The number of hydrogen-bond donors (Lipinski definition) is 2. The first kappa shape index (κ1) is 23.8. The van der Waals surface area contributed by atoms with Crippen LogP contribution in [0.2, 0.25) is 0 Å². The highest BCUT2D eigenvalue weighted by Crippen LogP contribution is 2.28. The van der Waals surface area contributed by atoms with Gasteiger partial charge in [0.2, 0.25) is 5.95 Å². The minimum Gasteiger partial charge on any atom is -0.457 e. The van der Waals surface area contributed by atoms with Crippen molar-refractivity contribution in [1.82, 2.24) is 24.8 Å². The number of fused-ring (bicyclic) bond motifs is 1. The van der Waals surface area contributed by atoms with E-state index in [1.807, 2.05) is 29.8 Å². The number of ether oxygens (including phenoxy) is 1. The summed E-state index contributed by atoms with van der Waals surface area (Å²) in [5.41, 5.74) is 4.47. The molecule has 1 saturated heterocycles. The van der Waals surface area contributed by atoms with Gasteiger partial charge in [0, 0.05) is 44.7 Å². The molecule has 1 fully saturated rings. The third-order valence-corrected chi connectivity index (χ3v) is 6.65. The van der Waals surface area contributed by atoms with Crippen molar-refractivity contribution in [3.8, 4) is 11.5 Å². The fourth-order valence-corrected chi connectivity index (χ4v) is 4.57. The van der Waals surface area contributed by atoms with Gasteiger partial charge in [-0.15, -0.1) is 0 Å². The molecule has 8 nitrogen and oxygen atoms in total. The molecule has 8 heteroatoms. The molecule has 1 amide bonds. The highest BCUT2D eigenvalue weighted by molar-refractivity contribution is 5.92. The number of anilines is 2. The second-order valence-electron chi connectivity index (χ2n) is 9.18. The Hall–Kier alpha value is -3.91. The quantitative estimate of drug-likeness (QED) is 0.370. The SMILES string of the molecule is CNC(=O)c1cc(Oc2ccc3c(c2)nc(Nc2ccc(CCN4CCCCC4)cc2)n3C)ccn1. The molecule has 1 aliphatic heterocycles. The molecule has 5 rings (SSSR count). The van der Waals surface area contributed by atoms with Crippen molar-refractivity contribution in [3.05, 3.63) is 72.1 Å². The maximum atomic E-state index is 11.8. The first-order valence-corrected chi connectivity index (χ1v) is 12.5. The van der Waals surface area contributed by atoms with Gasteiger partial charge in [-0.05, 0) is 68.2 Å². The second kappa shape index (κ2) is 10.8. The van der Waals surface area contributed by atoms with E-state index in [4.69, 9.17) is 9.72 Å². The van der Waals surface area contributed by atoms with E-state index in [1.54, 1.807) is 25.4 Å². The Morgan fingerprint density at radius 3 is 2.56 bits per heavy atom. The summed E-state index contributed by atoms with van der Waals surface area (Å²) in [6.07, 6.45) is 6.67. The molecule has 2 aromatic carbocycles. The van der Waals surface area contributed by atoms with E-state index >= 15 is 0 Å². The molecule has 3 heterocycles. The Morgan fingerprint density at radius 2 is 1.78 bits per heavy atom. The number of carbonyl (C=O) groups is 1. The normalized spacial score (nSPS) is 14.1. The Bertz CT molecular complexity index is 1340. The zero-order chi connectivity index (χ0) is 24.9. The number of pyridine rings is 1. The summed E-state index contributed by atoms with van der Waals surface area (Å²) in [5.74, 6) is 1.68. The first-order valence-electron chi connectivity index (χ1n) is 12.5. The van der Waals surface area contributed by atoms with Crippen molar-refractivity contribution >= 4 is 28.6 Å². The van der Waals surface area contributed by atoms with Gasteiger partial charge in [-0.2, -0.15) is 0 Å². The topological polar surface area (TPSA) is 84.3 Å². The summed E-state index contributed by atoms with van der Waals surface area (Å²) >= 11 is 0. The van der Waals surface area contributed by atoms with E-state index in [1.165, 1.54) is 37.9 Å². The third kappa shape index (κ3) is 5.49. The van der Waals surface area contributed by atoms with E-state index in [9.17, 15) is 4.79 Å². The monoisotopic (exact) mass is 484 g/mol. The van der Waals surface area contributed by atoms with E-state index in [0.29, 0.717) is 17.2 Å². The first-order chi connectivity index (χ1) is 17.6. The van der Waals surface area contributed by atoms with Gasteiger partial charge in [0.25, 0.3) is 5.91 Å². The van der Waals surface area contributed by atoms with Gasteiger partial charge in [-0.25, -0.2) is 4.98 Å². The number of nitrogens with zero attached hydrogens (tertiary/aromatic N) is 4. The van der Waals surface area contributed by atoms with Crippen LogP contribution in [0, 0.1) is 0 Å². The van der Waals surface area contributed by atoms with Gasteiger partial charge < -0.3 is 24.8 Å². The molecule has 0 unspecified atom stereocenters.